The Morgan fingerprint density at radius 1 is 1.28 bits per heavy atom. The molecule has 0 fully saturated rings. The zero-order valence-electron chi connectivity index (χ0n) is 10.1. The smallest absolute Gasteiger partial charge is 0.255 e. The van der Waals surface area contributed by atoms with Crippen molar-refractivity contribution in [1.29, 1.82) is 0 Å². The minimum Gasteiger partial charge on any atom is -0.375 e. The van der Waals surface area contributed by atoms with Gasteiger partial charge >= 0.3 is 0 Å². The molecule has 6 nitrogen and oxygen atoms in total. The van der Waals surface area contributed by atoms with E-state index in [1.165, 1.54) is 11.3 Å². The number of nitrogens with two attached hydrogens (primary N) is 1. The van der Waals surface area contributed by atoms with Gasteiger partial charge in [0.2, 0.25) is 0 Å². The van der Waals surface area contributed by atoms with Crippen LogP contribution in [0.15, 0.2) is 11.4 Å². The van der Waals surface area contributed by atoms with Crippen molar-refractivity contribution in [2.24, 2.45) is 0 Å². The van der Waals surface area contributed by atoms with Crippen LogP contribution in [-0.2, 0) is 6.42 Å². The molecule has 7 heteroatoms. The van der Waals surface area contributed by atoms with Gasteiger partial charge in [0, 0.05) is 16.8 Å². The lowest BCUT2D eigenvalue weighted by Gasteiger charge is -2.02. The van der Waals surface area contributed by atoms with Crippen molar-refractivity contribution in [3.8, 4) is 0 Å². The van der Waals surface area contributed by atoms with Gasteiger partial charge in [-0.2, -0.15) is 0 Å². The van der Waals surface area contributed by atoms with Crippen LogP contribution < -0.4 is 5.73 Å². The Morgan fingerprint density at radius 2 is 2.11 bits per heavy atom. The molecular formula is C11H12N6S. The van der Waals surface area contributed by atoms with Crippen molar-refractivity contribution in [2.45, 2.75) is 20.3 Å². The number of aromatic nitrogens is 5. The Labute approximate surface area is 108 Å². The lowest BCUT2D eigenvalue weighted by molar-refractivity contribution is 0.892. The first kappa shape index (κ1) is 11.1. The van der Waals surface area contributed by atoms with E-state index >= 15 is 0 Å². The van der Waals surface area contributed by atoms with Crippen LogP contribution in [0.4, 0.5) is 5.13 Å². The highest BCUT2D eigenvalue weighted by molar-refractivity contribution is 7.13. The van der Waals surface area contributed by atoms with Gasteiger partial charge in [-0.05, 0) is 19.9 Å². The average Bonchev–Trinajstić information content (AvgIpc) is 2.86. The van der Waals surface area contributed by atoms with Crippen molar-refractivity contribution in [2.75, 3.05) is 5.73 Å². The molecule has 0 unspecified atom stereocenters. The average molecular weight is 260 g/mol. The molecule has 0 radical (unpaired) electrons. The van der Waals surface area contributed by atoms with E-state index in [9.17, 15) is 0 Å². The summed E-state index contributed by atoms with van der Waals surface area (Å²) in [6.07, 6.45) is 0.612. The Morgan fingerprint density at radius 3 is 2.83 bits per heavy atom. The lowest BCUT2D eigenvalue weighted by Crippen LogP contribution is -2.02. The predicted octanol–water partition coefficient (Wildman–Crippen LogP) is 1.37. The lowest BCUT2D eigenvalue weighted by atomic mass is 10.3. The molecule has 0 spiro atoms. The fourth-order valence-corrected chi connectivity index (χ4v) is 2.54. The van der Waals surface area contributed by atoms with Gasteiger partial charge in [0.15, 0.2) is 5.13 Å². The van der Waals surface area contributed by atoms with Crippen LogP contribution in [0.3, 0.4) is 0 Å². The molecule has 3 rings (SSSR count). The zero-order valence-corrected chi connectivity index (χ0v) is 10.9. The van der Waals surface area contributed by atoms with Gasteiger partial charge in [0.25, 0.3) is 5.78 Å². The van der Waals surface area contributed by atoms with Gasteiger partial charge in [-0.25, -0.2) is 9.97 Å². The second-order valence-corrected chi connectivity index (χ2v) is 5.03. The molecule has 3 aromatic rings. The normalized spacial score (nSPS) is 11.2. The summed E-state index contributed by atoms with van der Waals surface area (Å²) in [4.78, 5) is 8.59. The number of nitrogen functional groups attached to an aromatic ring is 1. The van der Waals surface area contributed by atoms with Gasteiger partial charge in [-0.15, -0.1) is 21.5 Å². The van der Waals surface area contributed by atoms with Crippen molar-refractivity contribution in [3.63, 3.8) is 0 Å². The highest BCUT2D eigenvalue weighted by Gasteiger charge is 2.11. The highest BCUT2D eigenvalue weighted by atomic mass is 32.1. The first-order valence-electron chi connectivity index (χ1n) is 5.51. The molecule has 0 amide bonds. The molecule has 0 aliphatic carbocycles. The minimum atomic E-state index is 0.574. The third kappa shape index (κ3) is 1.82. The summed E-state index contributed by atoms with van der Waals surface area (Å²) in [5.41, 5.74) is 8.54. The second-order valence-electron chi connectivity index (χ2n) is 4.14. The van der Waals surface area contributed by atoms with Crippen LogP contribution >= 0.6 is 11.3 Å². The standard InChI is InChI=1S/C11H12N6S/c1-6-3-7(2)17-9(15-16-11(17)13-6)4-8-5-18-10(12)14-8/h3,5H,4H2,1-2H3,(H2,12,14). The molecule has 92 valence electrons. The number of rotatable bonds is 2. The molecule has 0 aliphatic rings. The Balaban J connectivity index is 2.07. The van der Waals surface area contributed by atoms with Crippen LogP contribution in [0.5, 0.6) is 0 Å². The summed E-state index contributed by atoms with van der Waals surface area (Å²) < 4.78 is 1.95. The number of thiazole rings is 1. The van der Waals surface area contributed by atoms with E-state index < -0.39 is 0 Å². The van der Waals surface area contributed by atoms with Gasteiger partial charge < -0.3 is 5.73 Å². The number of hydrogen-bond donors (Lipinski definition) is 1. The highest BCUT2D eigenvalue weighted by Crippen LogP contribution is 2.15. The number of fused-ring (bicyclic) bond motifs is 1. The SMILES string of the molecule is Cc1cc(C)n2c(Cc3csc(N)n3)nnc2n1. The van der Waals surface area contributed by atoms with Crippen molar-refractivity contribution >= 4 is 22.2 Å². The summed E-state index contributed by atoms with van der Waals surface area (Å²) in [6, 6.07) is 2.01. The molecule has 0 saturated heterocycles. The van der Waals surface area contributed by atoms with E-state index in [1.54, 1.807) is 0 Å². The minimum absolute atomic E-state index is 0.574. The molecule has 2 N–H and O–H groups in total. The fourth-order valence-electron chi connectivity index (χ4n) is 1.98. The summed E-state index contributed by atoms with van der Waals surface area (Å²) in [6.45, 7) is 3.96. The molecule has 3 heterocycles. The Bertz CT molecular complexity index is 713. The summed E-state index contributed by atoms with van der Waals surface area (Å²) in [5, 5.41) is 10.8. The first-order chi connectivity index (χ1) is 8.63. The maximum absolute atomic E-state index is 5.62. The van der Waals surface area contributed by atoms with Gasteiger partial charge in [-0.1, -0.05) is 0 Å². The maximum atomic E-state index is 5.62. The van der Waals surface area contributed by atoms with Gasteiger partial charge in [0.1, 0.15) is 5.82 Å². The zero-order chi connectivity index (χ0) is 12.7. The molecule has 0 aliphatic heterocycles. The number of nitrogens with zero attached hydrogens (tertiary/aromatic N) is 5. The van der Waals surface area contributed by atoms with E-state index in [0.29, 0.717) is 17.3 Å². The van der Waals surface area contributed by atoms with E-state index in [2.05, 4.69) is 20.2 Å². The van der Waals surface area contributed by atoms with Crippen LogP contribution in [0.2, 0.25) is 0 Å². The van der Waals surface area contributed by atoms with Crippen molar-refractivity contribution in [1.82, 2.24) is 24.6 Å². The molecule has 0 bridgehead atoms. The van der Waals surface area contributed by atoms with E-state index in [1.807, 2.05) is 29.7 Å². The number of anilines is 1. The molecule has 0 atom stereocenters. The fraction of sp³-hybridized carbons (Fsp3) is 0.273. The molecular weight excluding hydrogens is 248 g/mol. The van der Waals surface area contributed by atoms with Gasteiger partial charge in [0.05, 0.1) is 12.1 Å². The van der Waals surface area contributed by atoms with E-state index in [4.69, 9.17) is 5.73 Å². The second kappa shape index (κ2) is 4.02. The number of hydrogen-bond acceptors (Lipinski definition) is 6. The Kier molecular flexibility index (Phi) is 2.48. The maximum Gasteiger partial charge on any atom is 0.255 e. The third-order valence-corrected chi connectivity index (χ3v) is 3.39. The van der Waals surface area contributed by atoms with Crippen LogP contribution in [0, 0.1) is 13.8 Å². The van der Waals surface area contributed by atoms with E-state index in [-0.39, 0.29) is 0 Å². The van der Waals surface area contributed by atoms with Crippen LogP contribution in [0.25, 0.3) is 5.78 Å². The summed E-state index contributed by atoms with van der Waals surface area (Å²) in [7, 11) is 0. The summed E-state index contributed by atoms with van der Waals surface area (Å²) >= 11 is 1.43. The van der Waals surface area contributed by atoms with Crippen LogP contribution in [-0.4, -0.2) is 24.6 Å². The topological polar surface area (TPSA) is 82.0 Å². The molecule has 18 heavy (non-hydrogen) atoms. The molecule has 0 aromatic carbocycles. The molecule has 3 aromatic heterocycles. The van der Waals surface area contributed by atoms with Crippen molar-refractivity contribution in [3.05, 3.63) is 34.4 Å². The predicted molar refractivity (Wildman–Crippen MR) is 69.6 cm³/mol. The number of aryl methyl sites for hydroxylation is 2. The summed E-state index contributed by atoms with van der Waals surface area (Å²) in [5.74, 6) is 1.46. The molecule has 0 saturated carbocycles. The monoisotopic (exact) mass is 260 g/mol. The first-order valence-corrected chi connectivity index (χ1v) is 6.39. The van der Waals surface area contributed by atoms with E-state index in [0.717, 1.165) is 22.9 Å². The van der Waals surface area contributed by atoms with Crippen LogP contribution in [0.1, 0.15) is 22.9 Å². The Hall–Kier alpha value is -2.02. The quantitative estimate of drug-likeness (QED) is 0.752. The largest absolute Gasteiger partial charge is 0.375 e. The third-order valence-electron chi connectivity index (χ3n) is 2.67. The van der Waals surface area contributed by atoms with Crippen molar-refractivity contribution < 1.29 is 0 Å². The van der Waals surface area contributed by atoms with Gasteiger partial charge in [-0.3, -0.25) is 4.40 Å².